The van der Waals surface area contributed by atoms with Crippen molar-refractivity contribution in [3.63, 3.8) is 0 Å². The maximum atomic E-state index is 13.3. The van der Waals surface area contributed by atoms with Crippen molar-refractivity contribution in [2.24, 2.45) is 4.99 Å². The Morgan fingerprint density at radius 3 is 2.42 bits per heavy atom. The first-order valence-corrected chi connectivity index (χ1v) is 10.9. The smallest absolute Gasteiger partial charge is 0.123 e. The zero-order valence-electron chi connectivity index (χ0n) is 17.5. The summed E-state index contributed by atoms with van der Waals surface area (Å²) in [5, 5.41) is 3.44. The minimum absolute atomic E-state index is 0.218. The van der Waals surface area contributed by atoms with Gasteiger partial charge in [0, 0.05) is 24.6 Å². The molecule has 5 rings (SSSR count). The summed E-state index contributed by atoms with van der Waals surface area (Å²) in [4.78, 5) is 7.02. The zero-order valence-corrected chi connectivity index (χ0v) is 17.5. The van der Waals surface area contributed by atoms with Gasteiger partial charge in [-0.1, -0.05) is 36.4 Å². The highest BCUT2D eigenvalue weighted by atomic mass is 19.1. The molecule has 31 heavy (non-hydrogen) atoms. The molecule has 0 radical (unpaired) electrons. The van der Waals surface area contributed by atoms with Crippen LogP contribution in [0.1, 0.15) is 29.5 Å². The number of anilines is 1. The van der Waals surface area contributed by atoms with Gasteiger partial charge in [-0.25, -0.2) is 4.39 Å². The van der Waals surface area contributed by atoms with E-state index in [1.807, 2.05) is 18.3 Å². The van der Waals surface area contributed by atoms with Crippen molar-refractivity contribution in [3.8, 4) is 11.1 Å². The lowest BCUT2D eigenvalue weighted by Crippen LogP contribution is -2.18. The number of likely N-dealkylation sites (tertiary alicyclic amines) is 1. The SMILES string of the molecule is Fc1ccc(-c2ccc3c(c2)/C(=C/Nc2ccc(CN4CCCC4)cc2)CN=C3)cc1. The quantitative estimate of drug-likeness (QED) is 0.560. The van der Waals surface area contributed by atoms with E-state index in [4.69, 9.17) is 0 Å². The number of hydrogen-bond acceptors (Lipinski definition) is 3. The third-order valence-corrected chi connectivity index (χ3v) is 6.04. The fraction of sp³-hybridized carbons (Fsp3) is 0.222. The Bertz CT molecular complexity index is 1110. The number of benzene rings is 3. The number of nitrogens with one attached hydrogen (secondary N) is 1. The van der Waals surface area contributed by atoms with Crippen LogP contribution in [0.4, 0.5) is 10.1 Å². The van der Waals surface area contributed by atoms with Crippen LogP contribution in [0.15, 0.2) is 77.9 Å². The van der Waals surface area contributed by atoms with E-state index in [0.717, 1.165) is 40.1 Å². The molecule has 1 fully saturated rings. The van der Waals surface area contributed by atoms with Gasteiger partial charge in [-0.2, -0.15) is 0 Å². The monoisotopic (exact) mass is 411 g/mol. The van der Waals surface area contributed by atoms with Crippen LogP contribution in [0, 0.1) is 5.82 Å². The number of hydrogen-bond donors (Lipinski definition) is 1. The van der Waals surface area contributed by atoms with Crippen LogP contribution in [0.3, 0.4) is 0 Å². The summed E-state index contributed by atoms with van der Waals surface area (Å²) in [5.41, 5.74) is 7.92. The molecule has 3 nitrogen and oxygen atoms in total. The number of nitrogens with zero attached hydrogens (tertiary/aromatic N) is 2. The van der Waals surface area contributed by atoms with E-state index in [1.54, 1.807) is 0 Å². The van der Waals surface area contributed by atoms with E-state index in [1.165, 1.54) is 43.6 Å². The normalized spacial score (nSPS) is 17.1. The molecule has 0 bridgehead atoms. The lowest BCUT2D eigenvalue weighted by Gasteiger charge is -2.17. The second-order valence-corrected chi connectivity index (χ2v) is 8.27. The maximum absolute atomic E-state index is 13.3. The standard InChI is InChI=1S/C27H26FN3/c28-25-9-7-21(8-10-25)22-5-6-23-16-29-17-24(27(23)15-22)18-30-26-11-3-20(4-12-26)19-31-13-1-2-14-31/h3-12,15-16,18,30H,1-2,13-14,17,19H2/b24-18+. The molecule has 0 saturated carbocycles. The fourth-order valence-corrected chi connectivity index (χ4v) is 4.30. The number of rotatable bonds is 5. The van der Waals surface area contributed by atoms with Crippen LogP contribution >= 0.6 is 0 Å². The zero-order chi connectivity index (χ0) is 21.0. The second kappa shape index (κ2) is 8.86. The molecule has 4 heteroatoms. The van der Waals surface area contributed by atoms with Gasteiger partial charge < -0.3 is 5.32 Å². The highest BCUT2D eigenvalue weighted by Gasteiger charge is 2.13. The minimum atomic E-state index is -0.218. The van der Waals surface area contributed by atoms with Gasteiger partial charge in [0.1, 0.15) is 5.82 Å². The van der Waals surface area contributed by atoms with Crippen LogP contribution in [0.2, 0.25) is 0 Å². The topological polar surface area (TPSA) is 27.6 Å². The summed E-state index contributed by atoms with van der Waals surface area (Å²) in [6.07, 6.45) is 6.62. The van der Waals surface area contributed by atoms with Gasteiger partial charge in [0.25, 0.3) is 0 Å². The molecule has 0 atom stereocenters. The average molecular weight is 412 g/mol. The first kappa shape index (κ1) is 19.7. The van der Waals surface area contributed by atoms with E-state index >= 15 is 0 Å². The van der Waals surface area contributed by atoms with Crippen molar-refractivity contribution < 1.29 is 4.39 Å². The number of halogens is 1. The summed E-state index contributed by atoms with van der Waals surface area (Å²) in [5.74, 6) is -0.218. The molecule has 0 spiro atoms. The molecule has 0 aliphatic carbocycles. The van der Waals surface area contributed by atoms with Gasteiger partial charge >= 0.3 is 0 Å². The molecule has 0 amide bonds. The van der Waals surface area contributed by atoms with Crippen LogP contribution in [0.5, 0.6) is 0 Å². The Labute approximate surface area is 182 Å². The van der Waals surface area contributed by atoms with Crippen molar-refractivity contribution >= 4 is 17.5 Å². The first-order chi connectivity index (χ1) is 15.2. The molecule has 156 valence electrons. The Hall–Kier alpha value is -3.24. The molecule has 2 aliphatic heterocycles. The summed E-state index contributed by atoms with van der Waals surface area (Å²) < 4.78 is 13.3. The Kier molecular flexibility index (Phi) is 5.63. The van der Waals surface area contributed by atoms with Gasteiger partial charge in [-0.05, 0) is 89.7 Å². The predicted molar refractivity (Wildman–Crippen MR) is 127 cm³/mol. The molecule has 0 unspecified atom stereocenters. The third kappa shape index (κ3) is 4.59. The van der Waals surface area contributed by atoms with Crippen molar-refractivity contribution in [2.45, 2.75) is 19.4 Å². The number of aliphatic imine (C=N–C) groups is 1. The van der Waals surface area contributed by atoms with Gasteiger partial charge in [-0.3, -0.25) is 9.89 Å². The lowest BCUT2D eigenvalue weighted by molar-refractivity contribution is 0.331. The third-order valence-electron chi connectivity index (χ3n) is 6.04. The van der Waals surface area contributed by atoms with Crippen molar-refractivity contribution in [3.05, 3.63) is 95.4 Å². The molecule has 2 aliphatic rings. The summed E-state index contributed by atoms with van der Waals surface area (Å²) >= 11 is 0. The van der Waals surface area contributed by atoms with Crippen LogP contribution in [-0.4, -0.2) is 30.7 Å². The van der Waals surface area contributed by atoms with Crippen molar-refractivity contribution in [2.75, 3.05) is 25.0 Å². The molecule has 3 aromatic carbocycles. The van der Waals surface area contributed by atoms with Crippen molar-refractivity contribution in [1.82, 2.24) is 4.90 Å². The Balaban J connectivity index is 1.33. The molecular weight excluding hydrogens is 385 g/mol. The van der Waals surface area contributed by atoms with Crippen molar-refractivity contribution in [1.29, 1.82) is 0 Å². The van der Waals surface area contributed by atoms with Gasteiger partial charge in [0.2, 0.25) is 0 Å². The lowest BCUT2D eigenvalue weighted by atomic mass is 9.94. The maximum Gasteiger partial charge on any atom is 0.123 e. The van der Waals surface area contributed by atoms with E-state index < -0.39 is 0 Å². The first-order valence-electron chi connectivity index (χ1n) is 10.9. The predicted octanol–water partition coefficient (Wildman–Crippen LogP) is 5.97. The highest BCUT2D eigenvalue weighted by molar-refractivity contribution is 5.94. The molecule has 0 aromatic heterocycles. The Morgan fingerprint density at radius 1 is 0.903 bits per heavy atom. The molecule has 3 aromatic rings. The summed E-state index contributed by atoms with van der Waals surface area (Å²) in [7, 11) is 0. The summed E-state index contributed by atoms with van der Waals surface area (Å²) in [6.45, 7) is 4.10. The largest absolute Gasteiger partial charge is 0.361 e. The molecule has 1 saturated heterocycles. The molecule has 1 N–H and O–H groups in total. The van der Waals surface area contributed by atoms with E-state index in [0.29, 0.717) is 6.54 Å². The van der Waals surface area contributed by atoms with Crippen LogP contribution in [0.25, 0.3) is 16.7 Å². The molecular formula is C27H26FN3. The fourth-order valence-electron chi connectivity index (χ4n) is 4.30. The van der Waals surface area contributed by atoms with Gasteiger partial charge in [-0.15, -0.1) is 0 Å². The van der Waals surface area contributed by atoms with Crippen LogP contribution < -0.4 is 5.32 Å². The average Bonchev–Trinajstić information content (AvgIpc) is 3.32. The molecule has 2 heterocycles. The van der Waals surface area contributed by atoms with Crippen LogP contribution in [-0.2, 0) is 6.54 Å². The Morgan fingerprint density at radius 2 is 1.65 bits per heavy atom. The highest BCUT2D eigenvalue weighted by Crippen LogP contribution is 2.29. The minimum Gasteiger partial charge on any atom is -0.361 e. The summed E-state index contributed by atoms with van der Waals surface area (Å²) in [6, 6.07) is 21.7. The second-order valence-electron chi connectivity index (χ2n) is 8.27. The van der Waals surface area contributed by atoms with Gasteiger partial charge in [0.05, 0.1) is 6.54 Å². The number of fused-ring (bicyclic) bond motifs is 1. The van der Waals surface area contributed by atoms with E-state index in [9.17, 15) is 4.39 Å². The van der Waals surface area contributed by atoms with Gasteiger partial charge in [0.15, 0.2) is 0 Å². The van der Waals surface area contributed by atoms with E-state index in [-0.39, 0.29) is 5.82 Å². The van der Waals surface area contributed by atoms with E-state index in [2.05, 4.69) is 63.9 Å².